The van der Waals surface area contributed by atoms with E-state index < -0.39 is 5.54 Å². The maximum absolute atomic E-state index is 12.7. The molecule has 0 bridgehead atoms. The van der Waals surface area contributed by atoms with Crippen molar-refractivity contribution < 1.29 is 14.3 Å². The van der Waals surface area contributed by atoms with Crippen LogP contribution in [0.5, 0.6) is 0 Å². The van der Waals surface area contributed by atoms with Gasteiger partial charge in [-0.2, -0.15) is 0 Å². The molecule has 1 saturated carbocycles. The Bertz CT molecular complexity index is 615. The van der Waals surface area contributed by atoms with E-state index in [2.05, 4.69) is 20.9 Å². The van der Waals surface area contributed by atoms with Crippen LogP contribution in [0.3, 0.4) is 0 Å². The van der Waals surface area contributed by atoms with Gasteiger partial charge in [-0.05, 0) is 45.7 Å². The Morgan fingerprint density at radius 1 is 1.29 bits per heavy atom. The first kappa shape index (κ1) is 16.9. The van der Waals surface area contributed by atoms with Gasteiger partial charge in [-0.15, -0.1) is 5.10 Å². The number of piperidine rings is 1. The Morgan fingerprint density at radius 2 is 1.96 bits per heavy atom. The maximum atomic E-state index is 12.7. The number of esters is 1. The van der Waals surface area contributed by atoms with E-state index in [9.17, 15) is 9.59 Å². The largest absolute Gasteiger partial charge is 0.467 e. The van der Waals surface area contributed by atoms with Crippen LogP contribution in [0, 0.1) is 6.92 Å². The van der Waals surface area contributed by atoms with E-state index in [0.29, 0.717) is 18.5 Å². The number of carbonyl (C=O) groups is 2. The van der Waals surface area contributed by atoms with Crippen molar-refractivity contribution in [3.05, 3.63) is 11.4 Å². The number of carbonyl (C=O) groups excluding carboxylic acids is 2. The molecule has 1 amide bonds. The van der Waals surface area contributed by atoms with E-state index >= 15 is 0 Å². The van der Waals surface area contributed by atoms with Crippen LogP contribution in [0.2, 0.25) is 0 Å². The SMILES string of the molecule is COC(=O)C1(NC(=O)c2nnn(C3CCNCC3)c2C)CCCC1. The van der Waals surface area contributed by atoms with Gasteiger partial charge < -0.3 is 15.4 Å². The zero-order valence-electron chi connectivity index (χ0n) is 14.3. The molecule has 3 rings (SSSR count). The summed E-state index contributed by atoms with van der Waals surface area (Å²) in [5.41, 5.74) is 0.123. The first-order valence-electron chi connectivity index (χ1n) is 8.61. The minimum absolute atomic E-state index is 0.265. The highest BCUT2D eigenvalue weighted by molar-refractivity contribution is 5.97. The summed E-state index contributed by atoms with van der Waals surface area (Å²) in [6.45, 7) is 3.74. The Labute approximate surface area is 141 Å². The number of ether oxygens (including phenoxy) is 1. The van der Waals surface area contributed by atoms with Crippen LogP contribution >= 0.6 is 0 Å². The van der Waals surface area contributed by atoms with Crippen LogP contribution in [-0.4, -0.2) is 52.6 Å². The van der Waals surface area contributed by atoms with E-state index in [4.69, 9.17) is 4.74 Å². The van der Waals surface area contributed by atoms with Gasteiger partial charge in [-0.25, -0.2) is 9.48 Å². The van der Waals surface area contributed by atoms with Crippen LogP contribution in [0.1, 0.15) is 60.7 Å². The number of methoxy groups -OCH3 is 1. The lowest BCUT2D eigenvalue weighted by Gasteiger charge is -2.27. The topological polar surface area (TPSA) is 98.1 Å². The van der Waals surface area contributed by atoms with Crippen molar-refractivity contribution in [2.75, 3.05) is 20.2 Å². The van der Waals surface area contributed by atoms with Crippen molar-refractivity contribution in [1.82, 2.24) is 25.6 Å². The van der Waals surface area contributed by atoms with E-state index in [1.165, 1.54) is 7.11 Å². The first-order valence-corrected chi connectivity index (χ1v) is 8.61. The molecular formula is C16H25N5O3. The van der Waals surface area contributed by atoms with Crippen LogP contribution in [0.25, 0.3) is 0 Å². The molecule has 0 atom stereocenters. The average molecular weight is 335 g/mol. The zero-order valence-corrected chi connectivity index (χ0v) is 14.3. The number of amides is 1. The fraction of sp³-hybridized carbons (Fsp3) is 0.750. The van der Waals surface area contributed by atoms with Crippen molar-refractivity contribution in [2.24, 2.45) is 0 Å². The minimum atomic E-state index is -0.920. The molecule has 2 aliphatic rings. The summed E-state index contributed by atoms with van der Waals surface area (Å²) in [5.74, 6) is -0.725. The molecule has 1 aliphatic carbocycles. The molecule has 0 aromatic carbocycles. The highest BCUT2D eigenvalue weighted by Crippen LogP contribution is 2.31. The summed E-state index contributed by atoms with van der Waals surface area (Å²) >= 11 is 0. The molecule has 1 aliphatic heterocycles. The van der Waals surface area contributed by atoms with Crippen molar-refractivity contribution in [3.8, 4) is 0 Å². The summed E-state index contributed by atoms with van der Waals surface area (Å²) in [6, 6.07) is 0.265. The zero-order chi connectivity index (χ0) is 17.2. The molecule has 0 unspecified atom stereocenters. The summed E-state index contributed by atoms with van der Waals surface area (Å²) < 4.78 is 6.75. The molecule has 132 valence electrons. The van der Waals surface area contributed by atoms with Crippen LogP contribution in [0.15, 0.2) is 0 Å². The lowest BCUT2D eigenvalue weighted by Crippen LogP contribution is -2.53. The second-order valence-corrected chi connectivity index (χ2v) is 6.68. The summed E-state index contributed by atoms with van der Waals surface area (Å²) in [5, 5.41) is 14.5. The van der Waals surface area contributed by atoms with Crippen LogP contribution in [-0.2, 0) is 9.53 Å². The quantitative estimate of drug-likeness (QED) is 0.787. The molecular weight excluding hydrogens is 310 g/mol. The third-order valence-electron chi connectivity index (χ3n) is 5.18. The van der Waals surface area contributed by atoms with Gasteiger partial charge in [0.05, 0.1) is 18.8 Å². The number of nitrogens with one attached hydrogen (secondary N) is 2. The number of hydrogen-bond donors (Lipinski definition) is 2. The van der Waals surface area contributed by atoms with Gasteiger partial charge in [0.15, 0.2) is 5.69 Å². The normalized spacial score (nSPS) is 20.8. The maximum Gasteiger partial charge on any atom is 0.331 e. The van der Waals surface area contributed by atoms with Crippen molar-refractivity contribution in [1.29, 1.82) is 0 Å². The summed E-state index contributed by atoms with van der Waals surface area (Å²) in [7, 11) is 1.35. The molecule has 24 heavy (non-hydrogen) atoms. The summed E-state index contributed by atoms with van der Waals surface area (Å²) in [4.78, 5) is 24.9. The number of rotatable bonds is 4. The van der Waals surface area contributed by atoms with Gasteiger partial charge in [-0.1, -0.05) is 18.1 Å². The van der Waals surface area contributed by atoms with Gasteiger partial charge in [0.2, 0.25) is 0 Å². The summed E-state index contributed by atoms with van der Waals surface area (Å²) in [6.07, 6.45) is 4.95. The van der Waals surface area contributed by atoms with E-state index in [-0.39, 0.29) is 17.9 Å². The smallest absolute Gasteiger partial charge is 0.331 e. The molecule has 2 heterocycles. The van der Waals surface area contributed by atoms with Crippen molar-refractivity contribution >= 4 is 11.9 Å². The fourth-order valence-corrected chi connectivity index (χ4v) is 3.78. The standard InChI is InChI=1S/C16H25N5O3/c1-11-13(19-20-21(11)12-5-9-17-10-6-12)14(22)18-16(15(23)24-2)7-3-4-8-16/h12,17H,3-10H2,1-2H3,(H,18,22). The average Bonchev–Trinajstić information content (AvgIpc) is 3.22. The van der Waals surface area contributed by atoms with Gasteiger partial charge in [0.25, 0.3) is 5.91 Å². The molecule has 0 radical (unpaired) electrons. The minimum Gasteiger partial charge on any atom is -0.467 e. The second-order valence-electron chi connectivity index (χ2n) is 6.68. The lowest BCUT2D eigenvalue weighted by atomic mass is 9.97. The molecule has 8 heteroatoms. The molecule has 1 aromatic heterocycles. The molecule has 2 fully saturated rings. The van der Waals surface area contributed by atoms with Gasteiger partial charge in [-0.3, -0.25) is 4.79 Å². The molecule has 8 nitrogen and oxygen atoms in total. The predicted molar refractivity (Wildman–Crippen MR) is 86.6 cm³/mol. The third kappa shape index (κ3) is 3.02. The second kappa shape index (κ2) is 6.88. The highest BCUT2D eigenvalue weighted by atomic mass is 16.5. The Hall–Kier alpha value is -1.96. The highest BCUT2D eigenvalue weighted by Gasteiger charge is 2.44. The number of aromatic nitrogens is 3. The van der Waals surface area contributed by atoms with Crippen molar-refractivity contribution in [2.45, 2.75) is 57.0 Å². The fourth-order valence-electron chi connectivity index (χ4n) is 3.78. The molecule has 1 aromatic rings. The first-order chi connectivity index (χ1) is 11.6. The van der Waals surface area contributed by atoms with Gasteiger partial charge in [0, 0.05) is 0 Å². The van der Waals surface area contributed by atoms with E-state index in [1.807, 2.05) is 11.6 Å². The molecule has 1 saturated heterocycles. The monoisotopic (exact) mass is 335 g/mol. The molecule has 0 spiro atoms. The Balaban J connectivity index is 1.77. The molecule has 2 N–H and O–H groups in total. The number of hydrogen-bond acceptors (Lipinski definition) is 6. The third-order valence-corrected chi connectivity index (χ3v) is 5.18. The van der Waals surface area contributed by atoms with Gasteiger partial charge >= 0.3 is 5.97 Å². The Kier molecular flexibility index (Phi) is 4.84. The van der Waals surface area contributed by atoms with Gasteiger partial charge in [0.1, 0.15) is 5.54 Å². The Morgan fingerprint density at radius 3 is 2.58 bits per heavy atom. The van der Waals surface area contributed by atoms with E-state index in [0.717, 1.165) is 44.5 Å². The van der Waals surface area contributed by atoms with Crippen LogP contribution in [0.4, 0.5) is 0 Å². The number of nitrogens with zero attached hydrogens (tertiary/aromatic N) is 3. The lowest BCUT2D eigenvalue weighted by molar-refractivity contribution is -0.148. The predicted octanol–water partition coefficient (Wildman–Crippen LogP) is 0.727. The van der Waals surface area contributed by atoms with E-state index in [1.54, 1.807) is 0 Å². The van der Waals surface area contributed by atoms with Crippen LogP contribution < -0.4 is 10.6 Å². The van der Waals surface area contributed by atoms with Crippen molar-refractivity contribution in [3.63, 3.8) is 0 Å².